The summed E-state index contributed by atoms with van der Waals surface area (Å²) in [6, 6.07) is 11.1. The van der Waals surface area contributed by atoms with Crippen LogP contribution >= 0.6 is 0 Å². The molecule has 116 valence electrons. The molecule has 0 amide bonds. The Kier molecular flexibility index (Phi) is 5.32. The van der Waals surface area contributed by atoms with Crippen LogP contribution in [0.3, 0.4) is 0 Å². The van der Waals surface area contributed by atoms with Crippen LogP contribution in [0.25, 0.3) is 0 Å². The monoisotopic (exact) mass is 297 g/mol. The lowest BCUT2D eigenvalue weighted by molar-refractivity contribution is 0.213. The predicted molar refractivity (Wildman–Crippen MR) is 87.5 cm³/mol. The van der Waals surface area contributed by atoms with Crippen molar-refractivity contribution in [2.45, 2.75) is 31.7 Å². The maximum atomic E-state index is 4.16. The van der Waals surface area contributed by atoms with Crippen molar-refractivity contribution in [3.63, 3.8) is 0 Å². The van der Waals surface area contributed by atoms with Crippen LogP contribution in [0.2, 0.25) is 0 Å². The van der Waals surface area contributed by atoms with E-state index in [1.165, 1.54) is 57.0 Å². The Balaban J connectivity index is 1.73. The van der Waals surface area contributed by atoms with Gasteiger partial charge in [0.15, 0.2) is 0 Å². The predicted octanol–water partition coefficient (Wildman–Crippen LogP) is 2.90. The molecule has 0 radical (unpaired) electrons. The third-order valence-corrected chi connectivity index (χ3v) is 4.21. The summed E-state index contributed by atoms with van der Waals surface area (Å²) in [6.45, 7) is 3.14. The van der Waals surface area contributed by atoms with Crippen LogP contribution in [-0.4, -0.2) is 39.5 Å². The van der Waals surface area contributed by atoms with Gasteiger partial charge < -0.3 is 5.32 Å². The fourth-order valence-electron chi connectivity index (χ4n) is 3.06. The van der Waals surface area contributed by atoms with Gasteiger partial charge in [0.05, 0.1) is 6.04 Å². The van der Waals surface area contributed by atoms with Gasteiger partial charge in [-0.2, -0.15) is 0 Å². The average Bonchev–Trinajstić information content (AvgIpc) is 2.86. The number of hydrogen-bond acceptors (Lipinski definition) is 5. The number of likely N-dealkylation sites (tertiary alicyclic amines) is 1. The lowest BCUT2D eigenvalue weighted by Crippen LogP contribution is -2.34. The van der Waals surface area contributed by atoms with E-state index in [9.17, 15) is 0 Å². The molecule has 1 atom stereocenters. The lowest BCUT2D eigenvalue weighted by Gasteiger charge is -2.31. The largest absolute Gasteiger partial charge is 0.352 e. The van der Waals surface area contributed by atoms with Crippen molar-refractivity contribution in [3.05, 3.63) is 48.5 Å². The number of hydrogen-bond donors (Lipinski definition) is 1. The summed E-state index contributed by atoms with van der Waals surface area (Å²) >= 11 is 0. The van der Waals surface area contributed by atoms with E-state index < -0.39 is 0 Å². The molecule has 0 aliphatic carbocycles. The second kappa shape index (κ2) is 7.84. The molecule has 0 unspecified atom stereocenters. The van der Waals surface area contributed by atoms with Crippen molar-refractivity contribution < 1.29 is 0 Å². The van der Waals surface area contributed by atoms with Crippen LogP contribution in [0.1, 0.15) is 37.3 Å². The van der Waals surface area contributed by atoms with Crippen LogP contribution in [-0.2, 0) is 0 Å². The van der Waals surface area contributed by atoms with Gasteiger partial charge in [0.2, 0.25) is 5.95 Å². The molecule has 0 bridgehead atoms. The number of nitrogens with one attached hydrogen (secondary N) is 1. The Morgan fingerprint density at radius 1 is 0.955 bits per heavy atom. The normalized spacial score (nSPS) is 17.6. The molecule has 22 heavy (non-hydrogen) atoms. The number of nitrogens with zero attached hydrogens (tertiary/aromatic N) is 4. The van der Waals surface area contributed by atoms with Gasteiger partial charge in [-0.25, -0.2) is 15.0 Å². The molecular weight excluding hydrogens is 274 g/mol. The molecule has 5 nitrogen and oxygen atoms in total. The minimum absolute atomic E-state index is 0.357. The van der Waals surface area contributed by atoms with E-state index >= 15 is 0 Å². The summed E-state index contributed by atoms with van der Waals surface area (Å²) in [6.07, 6.45) is 8.32. The molecule has 0 saturated carbocycles. The summed E-state index contributed by atoms with van der Waals surface area (Å²) in [7, 11) is 0. The van der Waals surface area contributed by atoms with Gasteiger partial charge in [0, 0.05) is 6.54 Å². The van der Waals surface area contributed by atoms with Gasteiger partial charge in [-0.05, 0) is 31.5 Å². The maximum absolute atomic E-state index is 4.16. The Morgan fingerprint density at radius 3 is 2.32 bits per heavy atom. The third kappa shape index (κ3) is 4.01. The van der Waals surface area contributed by atoms with Crippen LogP contribution < -0.4 is 5.32 Å². The van der Waals surface area contributed by atoms with Crippen molar-refractivity contribution in [2.24, 2.45) is 0 Å². The zero-order valence-electron chi connectivity index (χ0n) is 12.9. The zero-order valence-corrected chi connectivity index (χ0v) is 12.9. The van der Waals surface area contributed by atoms with E-state index in [-0.39, 0.29) is 0 Å². The molecule has 1 aliphatic rings. The van der Waals surface area contributed by atoms with E-state index in [4.69, 9.17) is 0 Å². The number of benzene rings is 1. The van der Waals surface area contributed by atoms with Crippen molar-refractivity contribution in [2.75, 3.05) is 25.0 Å². The van der Waals surface area contributed by atoms with Crippen molar-refractivity contribution in [1.29, 1.82) is 0 Å². The maximum Gasteiger partial charge on any atom is 0.225 e. The van der Waals surface area contributed by atoms with E-state index in [0.29, 0.717) is 12.0 Å². The first-order chi connectivity index (χ1) is 10.9. The van der Waals surface area contributed by atoms with Gasteiger partial charge in [0.1, 0.15) is 12.7 Å². The van der Waals surface area contributed by atoms with Crippen LogP contribution in [0, 0.1) is 0 Å². The van der Waals surface area contributed by atoms with Gasteiger partial charge in [0.25, 0.3) is 0 Å². The van der Waals surface area contributed by atoms with E-state index in [2.05, 4.69) is 55.5 Å². The number of aromatic nitrogens is 3. The molecule has 1 N–H and O–H groups in total. The van der Waals surface area contributed by atoms with Gasteiger partial charge >= 0.3 is 0 Å². The molecule has 1 aromatic carbocycles. The first kappa shape index (κ1) is 14.9. The highest BCUT2D eigenvalue weighted by Gasteiger charge is 2.21. The molecule has 1 aromatic heterocycles. The number of rotatable bonds is 5. The Hall–Kier alpha value is -2.01. The third-order valence-electron chi connectivity index (χ3n) is 4.21. The van der Waals surface area contributed by atoms with Crippen LogP contribution in [0.5, 0.6) is 0 Å². The molecule has 1 saturated heterocycles. The standard InChI is InChI=1S/C17H23N5/c1-2-7-11-22(10-6-1)16(15-8-4-3-5-9-15)12-19-17-20-13-18-14-21-17/h3-5,8-9,13-14,16H,1-2,6-7,10-12H2,(H,18,19,20,21)/t16-/m1/s1. The number of anilines is 1. The van der Waals surface area contributed by atoms with E-state index in [1.54, 1.807) is 0 Å². The van der Waals surface area contributed by atoms with Crippen molar-refractivity contribution in [3.8, 4) is 0 Å². The lowest BCUT2D eigenvalue weighted by atomic mass is 10.0. The summed E-state index contributed by atoms with van der Waals surface area (Å²) < 4.78 is 0. The van der Waals surface area contributed by atoms with Crippen LogP contribution in [0.15, 0.2) is 43.0 Å². The summed E-state index contributed by atoms with van der Waals surface area (Å²) in [5, 5.41) is 3.36. The average molecular weight is 297 g/mol. The van der Waals surface area contributed by atoms with E-state index in [0.717, 1.165) is 6.54 Å². The Bertz CT molecular complexity index is 537. The molecule has 0 spiro atoms. The highest BCUT2D eigenvalue weighted by atomic mass is 15.2. The first-order valence-electron chi connectivity index (χ1n) is 8.08. The quantitative estimate of drug-likeness (QED) is 0.919. The minimum Gasteiger partial charge on any atom is -0.352 e. The first-order valence-corrected chi connectivity index (χ1v) is 8.08. The molecule has 2 aromatic rings. The highest BCUT2D eigenvalue weighted by molar-refractivity contribution is 5.25. The van der Waals surface area contributed by atoms with Gasteiger partial charge in [-0.3, -0.25) is 4.90 Å². The molecule has 1 aliphatic heterocycles. The molecule has 5 heteroatoms. The summed E-state index contributed by atoms with van der Waals surface area (Å²) in [4.78, 5) is 14.8. The molecule has 3 rings (SSSR count). The fraction of sp³-hybridized carbons (Fsp3) is 0.471. The Morgan fingerprint density at radius 2 is 1.64 bits per heavy atom. The van der Waals surface area contributed by atoms with E-state index in [1.807, 2.05) is 0 Å². The second-order valence-corrected chi connectivity index (χ2v) is 5.72. The van der Waals surface area contributed by atoms with Gasteiger partial charge in [-0.15, -0.1) is 0 Å². The van der Waals surface area contributed by atoms with Crippen molar-refractivity contribution >= 4 is 5.95 Å². The molecule has 1 fully saturated rings. The fourth-order valence-corrected chi connectivity index (χ4v) is 3.06. The van der Waals surface area contributed by atoms with Crippen molar-refractivity contribution in [1.82, 2.24) is 19.9 Å². The van der Waals surface area contributed by atoms with Gasteiger partial charge in [-0.1, -0.05) is 43.2 Å². The molecule has 2 heterocycles. The molecular formula is C17H23N5. The minimum atomic E-state index is 0.357. The summed E-state index contributed by atoms with van der Waals surface area (Å²) in [5.74, 6) is 0.644. The second-order valence-electron chi connectivity index (χ2n) is 5.72. The van der Waals surface area contributed by atoms with Crippen LogP contribution in [0.4, 0.5) is 5.95 Å². The smallest absolute Gasteiger partial charge is 0.225 e. The highest BCUT2D eigenvalue weighted by Crippen LogP contribution is 2.24. The zero-order chi connectivity index (χ0) is 15.0. The Labute approximate surface area is 131 Å². The topological polar surface area (TPSA) is 53.9 Å². The summed E-state index contributed by atoms with van der Waals surface area (Å²) in [5.41, 5.74) is 1.35. The SMILES string of the molecule is c1ccc([C@@H](CNc2ncncn2)N2CCCCCC2)cc1.